The number of carbonyl (C=O) groups is 1. The quantitative estimate of drug-likeness (QED) is 0.703. The van der Waals surface area contributed by atoms with E-state index < -0.39 is 0 Å². The van der Waals surface area contributed by atoms with E-state index in [0.717, 1.165) is 11.3 Å². The van der Waals surface area contributed by atoms with E-state index in [4.69, 9.17) is 16.3 Å². The third-order valence-corrected chi connectivity index (χ3v) is 4.41. The van der Waals surface area contributed by atoms with Gasteiger partial charge in [-0.2, -0.15) is 0 Å². The van der Waals surface area contributed by atoms with Crippen LogP contribution in [0.4, 0.5) is 5.13 Å². The van der Waals surface area contributed by atoms with Crippen molar-refractivity contribution in [3.63, 3.8) is 0 Å². The van der Waals surface area contributed by atoms with E-state index in [1.165, 1.54) is 11.3 Å². The number of nitrogens with one attached hydrogen (secondary N) is 1. The van der Waals surface area contributed by atoms with Crippen LogP contribution in [0.1, 0.15) is 21.6 Å². The minimum atomic E-state index is -0.240. The van der Waals surface area contributed by atoms with E-state index in [-0.39, 0.29) is 5.91 Å². The number of para-hydroxylation sites is 1. The smallest absolute Gasteiger partial charge is 0.261 e. The number of amides is 1. The molecule has 0 unspecified atom stereocenters. The molecule has 1 amide bonds. The van der Waals surface area contributed by atoms with E-state index >= 15 is 0 Å². The Labute approximate surface area is 149 Å². The predicted octanol–water partition coefficient (Wildman–Crippen LogP) is 4.94. The van der Waals surface area contributed by atoms with E-state index in [9.17, 15) is 4.79 Å². The number of aryl methyl sites for hydroxylation is 1. The molecule has 4 nitrogen and oxygen atoms in total. The first kappa shape index (κ1) is 16.5. The number of hydrogen-bond donors (Lipinski definition) is 1. The second-order valence-electron chi connectivity index (χ2n) is 5.16. The fourth-order valence-electron chi connectivity index (χ4n) is 2.10. The molecule has 0 bridgehead atoms. The number of ether oxygens (including phenoxy) is 1. The number of carbonyl (C=O) groups excluding carboxylic acids is 1. The van der Waals surface area contributed by atoms with Gasteiger partial charge in [0.15, 0.2) is 5.13 Å². The lowest BCUT2D eigenvalue weighted by Gasteiger charge is -2.11. The van der Waals surface area contributed by atoms with Crippen LogP contribution in [0.2, 0.25) is 5.02 Å². The Morgan fingerprint density at radius 3 is 2.67 bits per heavy atom. The van der Waals surface area contributed by atoms with Crippen molar-refractivity contribution >= 4 is 34.0 Å². The average molecular weight is 359 g/mol. The number of rotatable bonds is 5. The maximum Gasteiger partial charge on any atom is 0.261 e. The highest BCUT2D eigenvalue weighted by atomic mass is 35.5. The average Bonchev–Trinajstić information content (AvgIpc) is 2.99. The molecule has 122 valence electrons. The van der Waals surface area contributed by atoms with Crippen LogP contribution in [-0.2, 0) is 6.61 Å². The molecule has 24 heavy (non-hydrogen) atoms. The van der Waals surface area contributed by atoms with Crippen molar-refractivity contribution in [2.45, 2.75) is 13.5 Å². The van der Waals surface area contributed by atoms with Crippen LogP contribution in [0.3, 0.4) is 0 Å². The molecule has 0 saturated carbocycles. The van der Waals surface area contributed by atoms with Crippen molar-refractivity contribution in [1.29, 1.82) is 0 Å². The van der Waals surface area contributed by atoms with E-state index in [2.05, 4.69) is 10.3 Å². The number of anilines is 1. The van der Waals surface area contributed by atoms with Crippen molar-refractivity contribution in [3.8, 4) is 5.75 Å². The molecular weight excluding hydrogens is 344 g/mol. The summed E-state index contributed by atoms with van der Waals surface area (Å²) in [6.45, 7) is 2.24. The van der Waals surface area contributed by atoms with E-state index in [1.54, 1.807) is 18.2 Å². The molecule has 1 aromatic heterocycles. The highest BCUT2D eigenvalue weighted by molar-refractivity contribution is 7.13. The van der Waals surface area contributed by atoms with E-state index in [1.807, 2.05) is 42.6 Å². The maximum atomic E-state index is 12.5. The Bertz CT molecular complexity index is 846. The summed E-state index contributed by atoms with van der Waals surface area (Å²) in [5.41, 5.74) is 2.33. The summed E-state index contributed by atoms with van der Waals surface area (Å²) in [7, 11) is 0. The standard InChI is InChI=1S/C18H15ClN2O2S/c1-12-11-24-18(20-12)21-17(22)15-4-2-3-5-16(15)23-10-13-6-8-14(19)9-7-13/h2-9,11H,10H2,1H3,(H,20,21,22). The molecule has 0 aliphatic heterocycles. The predicted molar refractivity (Wildman–Crippen MR) is 97.0 cm³/mol. The molecule has 0 radical (unpaired) electrons. The zero-order chi connectivity index (χ0) is 16.9. The summed E-state index contributed by atoms with van der Waals surface area (Å²) >= 11 is 7.27. The van der Waals surface area contributed by atoms with Crippen molar-refractivity contribution in [3.05, 3.63) is 75.8 Å². The van der Waals surface area contributed by atoms with Gasteiger partial charge in [-0.05, 0) is 36.8 Å². The monoisotopic (exact) mass is 358 g/mol. The van der Waals surface area contributed by atoms with Crippen LogP contribution < -0.4 is 10.1 Å². The lowest BCUT2D eigenvalue weighted by atomic mass is 10.2. The number of halogens is 1. The largest absolute Gasteiger partial charge is 0.488 e. The highest BCUT2D eigenvalue weighted by Gasteiger charge is 2.13. The van der Waals surface area contributed by atoms with Gasteiger partial charge in [0.1, 0.15) is 12.4 Å². The van der Waals surface area contributed by atoms with Gasteiger partial charge in [0.25, 0.3) is 5.91 Å². The fraction of sp³-hybridized carbons (Fsp3) is 0.111. The molecule has 0 atom stereocenters. The molecule has 6 heteroatoms. The maximum absolute atomic E-state index is 12.5. The lowest BCUT2D eigenvalue weighted by molar-refractivity contribution is 0.102. The van der Waals surface area contributed by atoms with Gasteiger partial charge in [-0.3, -0.25) is 10.1 Å². The van der Waals surface area contributed by atoms with Crippen LogP contribution in [0.15, 0.2) is 53.9 Å². The topological polar surface area (TPSA) is 51.2 Å². The third-order valence-electron chi connectivity index (χ3n) is 3.28. The van der Waals surface area contributed by atoms with Crippen molar-refractivity contribution < 1.29 is 9.53 Å². The molecule has 0 aliphatic carbocycles. The first-order valence-corrected chi connectivity index (χ1v) is 8.57. The number of nitrogens with zero attached hydrogens (tertiary/aromatic N) is 1. The van der Waals surface area contributed by atoms with Crippen LogP contribution in [0, 0.1) is 6.92 Å². The Kier molecular flexibility index (Phi) is 5.13. The van der Waals surface area contributed by atoms with Gasteiger partial charge in [0, 0.05) is 10.4 Å². The molecule has 0 spiro atoms. The van der Waals surface area contributed by atoms with Crippen LogP contribution in [-0.4, -0.2) is 10.9 Å². The molecule has 3 rings (SSSR count). The van der Waals surface area contributed by atoms with Crippen LogP contribution in [0.25, 0.3) is 0 Å². The zero-order valence-electron chi connectivity index (χ0n) is 13.0. The second-order valence-corrected chi connectivity index (χ2v) is 6.45. The van der Waals surface area contributed by atoms with Crippen LogP contribution >= 0.6 is 22.9 Å². The SMILES string of the molecule is Cc1csc(NC(=O)c2ccccc2OCc2ccc(Cl)cc2)n1. The van der Waals surface area contributed by atoms with Gasteiger partial charge >= 0.3 is 0 Å². The molecule has 1 heterocycles. The molecular formula is C18H15ClN2O2S. The summed E-state index contributed by atoms with van der Waals surface area (Å²) < 4.78 is 5.81. The number of thiazole rings is 1. The Morgan fingerprint density at radius 1 is 1.21 bits per heavy atom. The summed E-state index contributed by atoms with van der Waals surface area (Å²) in [5.74, 6) is 0.286. The van der Waals surface area contributed by atoms with Crippen molar-refractivity contribution in [2.75, 3.05) is 5.32 Å². The normalized spacial score (nSPS) is 10.4. The van der Waals surface area contributed by atoms with Gasteiger partial charge in [-0.25, -0.2) is 4.98 Å². The van der Waals surface area contributed by atoms with Gasteiger partial charge in [0.2, 0.25) is 0 Å². The summed E-state index contributed by atoms with van der Waals surface area (Å²) in [6.07, 6.45) is 0. The Hall–Kier alpha value is -2.37. The Balaban J connectivity index is 1.72. The number of benzene rings is 2. The van der Waals surface area contributed by atoms with Gasteiger partial charge in [-0.1, -0.05) is 35.9 Å². The molecule has 3 aromatic rings. The van der Waals surface area contributed by atoms with Gasteiger partial charge < -0.3 is 4.74 Å². The number of aromatic nitrogens is 1. The first-order valence-electron chi connectivity index (χ1n) is 7.31. The molecule has 0 aliphatic rings. The van der Waals surface area contributed by atoms with Gasteiger partial charge in [-0.15, -0.1) is 11.3 Å². The third kappa shape index (κ3) is 4.13. The highest BCUT2D eigenvalue weighted by Crippen LogP contribution is 2.22. The van der Waals surface area contributed by atoms with Crippen molar-refractivity contribution in [2.24, 2.45) is 0 Å². The molecule has 1 N–H and O–H groups in total. The first-order chi connectivity index (χ1) is 11.6. The fourth-order valence-corrected chi connectivity index (χ4v) is 2.91. The summed E-state index contributed by atoms with van der Waals surface area (Å²) in [4.78, 5) is 16.7. The molecule has 0 fully saturated rings. The van der Waals surface area contributed by atoms with Crippen molar-refractivity contribution in [1.82, 2.24) is 4.98 Å². The number of hydrogen-bond acceptors (Lipinski definition) is 4. The molecule has 0 saturated heterocycles. The minimum absolute atomic E-state index is 0.240. The summed E-state index contributed by atoms with van der Waals surface area (Å²) in [6, 6.07) is 14.5. The van der Waals surface area contributed by atoms with Crippen LogP contribution in [0.5, 0.6) is 5.75 Å². The van der Waals surface area contributed by atoms with E-state index in [0.29, 0.717) is 28.1 Å². The zero-order valence-corrected chi connectivity index (χ0v) is 14.5. The molecule has 2 aromatic carbocycles. The Morgan fingerprint density at radius 2 is 1.96 bits per heavy atom. The summed E-state index contributed by atoms with van der Waals surface area (Å²) in [5, 5.41) is 5.94. The minimum Gasteiger partial charge on any atom is -0.488 e. The van der Waals surface area contributed by atoms with Gasteiger partial charge in [0.05, 0.1) is 11.3 Å². The lowest BCUT2D eigenvalue weighted by Crippen LogP contribution is -2.13. The second kappa shape index (κ2) is 7.47.